The lowest BCUT2D eigenvalue weighted by atomic mass is 10.1. The summed E-state index contributed by atoms with van der Waals surface area (Å²) in [7, 11) is 0. The summed E-state index contributed by atoms with van der Waals surface area (Å²) in [5.74, 6) is 0.559. The van der Waals surface area contributed by atoms with E-state index in [2.05, 4.69) is 20.7 Å². The van der Waals surface area contributed by atoms with Gasteiger partial charge in [0.2, 0.25) is 5.91 Å². The van der Waals surface area contributed by atoms with Crippen molar-refractivity contribution >= 4 is 23.8 Å². The first-order valence-corrected chi connectivity index (χ1v) is 6.66. The molecule has 1 aliphatic heterocycles. The molecule has 0 saturated heterocycles. The Balaban J connectivity index is 2.08. The first-order valence-electron chi connectivity index (χ1n) is 6.25. The number of H-pyrrole nitrogens is 1. The molecule has 102 valence electrons. The van der Waals surface area contributed by atoms with E-state index >= 15 is 0 Å². The zero-order valence-corrected chi connectivity index (χ0v) is 11.7. The fourth-order valence-electron chi connectivity index (χ4n) is 2.06. The normalized spacial score (nSPS) is 14.8. The molecule has 2 heterocycles. The van der Waals surface area contributed by atoms with E-state index in [0.717, 1.165) is 11.4 Å². The second-order valence-electron chi connectivity index (χ2n) is 4.62. The third-order valence-corrected chi connectivity index (χ3v) is 3.40. The SMILES string of the molecule is Cc1ccc(-n2c(C3=NNC(=O)CC3)n[nH]c2=S)cc1. The van der Waals surface area contributed by atoms with Crippen LogP contribution in [0.3, 0.4) is 0 Å². The molecular weight excluding hydrogens is 274 g/mol. The maximum Gasteiger partial charge on any atom is 0.240 e. The van der Waals surface area contributed by atoms with E-state index in [9.17, 15) is 4.79 Å². The number of nitrogens with zero attached hydrogens (tertiary/aromatic N) is 3. The Labute approximate surface area is 120 Å². The number of carbonyl (C=O) groups excluding carboxylic acids is 1. The molecule has 1 amide bonds. The lowest BCUT2D eigenvalue weighted by molar-refractivity contribution is -0.121. The average Bonchev–Trinajstić information content (AvgIpc) is 2.83. The topological polar surface area (TPSA) is 75.1 Å². The van der Waals surface area contributed by atoms with Crippen molar-refractivity contribution < 1.29 is 4.79 Å². The van der Waals surface area contributed by atoms with Crippen LogP contribution in [0.1, 0.15) is 24.2 Å². The number of benzene rings is 1. The Morgan fingerprint density at radius 2 is 2.00 bits per heavy atom. The first kappa shape index (κ1) is 12.7. The summed E-state index contributed by atoms with van der Waals surface area (Å²) in [6.07, 6.45) is 0.962. The Morgan fingerprint density at radius 1 is 1.25 bits per heavy atom. The van der Waals surface area contributed by atoms with Gasteiger partial charge in [-0.05, 0) is 31.3 Å². The zero-order chi connectivity index (χ0) is 14.1. The standard InChI is InChI=1S/C13H13N5OS/c1-8-2-4-9(5-3-8)18-12(16-17-13(18)20)10-6-7-11(19)15-14-10/h2-5H,6-7H2,1H3,(H,15,19)(H,17,20). The minimum Gasteiger partial charge on any atom is -0.273 e. The van der Waals surface area contributed by atoms with Crippen LogP contribution in [-0.4, -0.2) is 26.4 Å². The van der Waals surface area contributed by atoms with Gasteiger partial charge in [0.15, 0.2) is 10.6 Å². The molecule has 0 unspecified atom stereocenters. The van der Waals surface area contributed by atoms with E-state index < -0.39 is 0 Å². The van der Waals surface area contributed by atoms with E-state index in [-0.39, 0.29) is 5.91 Å². The number of rotatable bonds is 2. The second kappa shape index (κ2) is 5.01. The van der Waals surface area contributed by atoms with Crippen LogP contribution < -0.4 is 5.43 Å². The summed E-state index contributed by atoms with van der Waals surface area (Å²) in [6, 6.07) is 7.98. The van der Waals surface area contributed by atoms with Gasteiger partial charge in [-0.3, -0.25) is 14.5 Å². The van der Waals surface area contributed by atoms with Crippen LogP contribution >= 0.6 is 12.2 Å². The lowest BCUT2D eigenvalue weighted by Gasteiger charge is -2.12. The molecule has 2 N–H and O–H groups in total. The molecule has 1 aromatic heterocycles. The molecule has 1 aromatic carbocycles. The molecule has 0 bridgehead atoms. The number of nitrogens with one attached hydrogen (secondary N) is 2. The number of aromatic nitrogens is 3. The van der Waals surface area contributed by atoms with Gasteiger partial charge in [0.1, 0.15) is 5.71 Å². The number of aryl methyl sites for hydroxylation is 1. The van der Waals surface area contributed by atoms with Crippen molar-refractivity contribution in [1.29, 1.82) is 0 Å². The quantitative estimate of drug-likeness (QED) is 0.828. The molecule has 0 saturated carbocycles. The summed E-state index contributed by atoms with van der Waals surface area (Å²) in [5.41, 5.74) is 5.29. The fraction of sp³-hybridized carbons (Fsp3) is 0.231. The Bertz CT molecular complexity index is 741. The van der Waals surface area contributed by atoms with Crippen LogP contribution in [0.5, 0.6) is 0 Å². The van der Waals surface area contributed by atoms with Gasteiger partial charge >= 0.3 is 0 Å². The van der Waals surface area contributed by atoms with Gasteiger partial charge in [-0.2, -0.15) is 10.2 Å². The van der Waals surface area contributed by atoms with Crippen LogP contribution in [0.15, 0.2) is 29.4 Å². The molecule has 0 spiro atoms. The number of hydrazone groups is 1. The van der Waals surface area contributed by atoms with E-state index in [1.807, 2.05) is 35.8 Å². The zero-order valence-electron chi connectivity index (χ0n) is 10.9. The van der Waals surface area contributed by atoms with Crippen molar-refractivity contribution in [1.82, 2.24) is 20.2 Å². The van der Waals surface area contributed by atoms with Crippen molar-refractivity contribution in [2.45, 2.75) is 19.8 Å². The molecule has 0 aliphatic carbocycles. The fourth-order valence-corrected chi connectivity index (χ4v) is 2.30. The number of hydrogen-bond donors (Lipinski definition) is 2. The van der Waals surface area contributed by atoms with Crippen LogP contribution in [-0.2, 0) is 4.79 Å². The smallest absolute Gasteiger partial charge is 0.240 e. The highest BCUT2D eigenvalue weighted by atomic mass is 32.1. The minimum atomic E-state index is -0.0789. The molecule has 0 radical (unpaired) electrons. The minimum absolute atomic E-state index is 0.0789. The van der Waals surface area contributed by atoms with Crippen molar-refractivity contribution in [3.8, 4) is 5.69 Å². The van der Waals surface area contributed by atoms with Crippen LogP contribution in [0.2, 0.25) is 0 Å². The first-order chi connectivity index (χ1) is 9.65. The average molecular weight is 287 g/mol. The van der Waals surface area contributed by atoms with Gasteiger partial charge in [-0.15, -0.1) is 0 Å². The molecular formula is C13H13N5OS. The van der Waals surface area contributed by atoms with Crippen LogP contribution in [0, 0.1) is 11.7 Å². The summed E-state index contributed by atoms with van der Waals surface area (Å²) in [5, 5.41) is 11.1. The van der Waals surface area contributed by atoms with Gasteiger partial charge in [0, 0.05) is 12.8 Å². The largest absolute Gasteiger partial charge is 0.273 e. The molecule has 7 heteroatoms. The van der Waals surface area contributed by atoms with E-state index in [4.69, 9.17) is 12.2 Å². The molecule has 6 nitrogen and oxygen atoms in total. The van der Waals surface area contributed by atoms with Gasteiger partial charge in [-0.25, -0.2) is 5.43 Å². The monoisotopic (exact) mass is 287 g/mol. The molecule has 1 aliphatic rings. The number of aromatic amines is 1. The molecule has 2 aromatic rings. The highest BCUT2D eigenvalue weighted by molar-refractivity contribution is 7.71. The maximum absolute atomic E-state index is 11.2. The highest BCUT2D eigenvalue weighted by Crippen LogP contribution is 2.15. The molecule has 3 rings (SSSR count). The van der Waals surface area contributed by atoms with Crippen LogP contribution in [0.4, 0.5) is 0 Å². The third-order valence-electron chi connectivity index (χ3n) is 3.13. The van der Waals surface area contributed by atoms with Crippen molar-refractivity contribution in [3.05, 3.63) is 40.4 Å². The number of hydrogen-bond acceptors (Lipinski definition) is 4. The second-order valence-corrected chi connectivity index (χ2v) is 5.00. The van der Waals surface area contributed by atoms with Gasteiger partial charge < -0.3 is 0 Å². The Kier molecular flexibility index (Phi) is 3.19. The van der Waals surface area contributed by atoms with Gasteiger partial charge in [-0.1, -0.05) is 17.7 Å². The summed E-state index contributed by atoms with van der Waals surface area (Å²) < 4.78 is 2.33. The molecule has 0 fully saturated rings. The van der Waals surface area contributed by atoms with Crippen molar-refractivity contribution in [2.24, 2.45) is 5.10 Å². The number of carbonyl (C=O) groups is 1. The maximum atomic E-state index is 11.2. The number of amides is 1. The van der Waals surface area contributed by atoms with Crippen LogP contribution in [0.25, 0.3) is 5.69 Å². The molecule has 20 heavy (non-hydrogen) atoms. The van der Waals surface area contributed by atoms with Crippen molar-refractivity contribution in [2.75, 3.05) is 0 Å². The highest BCUT2D eigenvalue weighted by Gasteiger charge is 2.19. The summed E-state index contributed by atoms with van der Waals surface area (Å²) >= 11 is 5.28. The summed E-state index contributed by atoms with van der Waals surface area (Å²) in [4.78, 5) is 11.2. The van der Waals surface area contributed by atoms with Crippen molar-refractivity contribution in [3.63, 3.8) is 0 Å². The van der Waals surface area contributed by atoms with E-state index in [1.54, 1.807) is 0 Å². The Morgan fingerprint density at radius 3 is 2.65 bits per heavy atom. The lowest BCUT2D eigenvalue weighted by Crippen LogP contribution is -2.27. The van der Waals surface area contributed by atoms with E-state index in [0.29, 0.717) is 23.4 Å². The van der Waals surface area contributed by atoms with Gasteiger partial charge in [0.05, 0.1) is 5.69 Å². The predicted octanol–water partition coefficient (Wildman–Crippen LogP) is 1.85. The van der Waals surface area contributed by atoms with Gasteiger partial charge in [0.25, 0.3) is 0 Å². The summed E-state index contributed by atoms with van der Waals surface area (Å²) in [6.45, 7) is 2.03. The third kappa shape index (κ3) is 2.27. The Hall–Kier alpha value is -2.28. The van der Waals surface area contributed by atoms with E-state index in [1.165, 1.54) is 5.56 Å². The molecule has 0 atom stereocenters. The predicted molar refractivity (Wildman–Crippen MR) is 77.4 cm³/mol.